The zero-order valence-electron chi connectivity index (χ0n) is 13.7. The lowest BCUT2D eigenvalue weighted by atomic mass is 10.1. The number of nitrogens with zero attached hydrogens (tertiary/aromatic N) is 3. The van der Waals surface area contributed by atoms with Gasteiger partial charge in [0.05, 0.1) is 11.2 Å². The van der Waals surface area contributed by atoms with Crippen LogP contribution in [0.3, 0.4) is 0 Å². The average Bonchev–Trinajstić information content (AvgIpc) is 2.68. The van der Waals surface area contributed by atoms with Crippen LogP contribution in [0.1, 0.15) is 0 Å². The summed E-state index contributed by atoms with van der Waals surface area (Å²) in [5.41, 5.74) is 11.1. The maximum Gasteiger partial charge on any atom is 0.221 e. The summed E-state index contributed by atoms with van der Waals surface area (Å²) in [4.78, 5) is 14.8. The zero-order chi connectivity index (χ0) is 17.2. The molecule has 0 aliphatic carbocycles. The van der Waals surface area contributed by atoms with Crippen molar-refractivity contribution in [2.24, 2.45) is 0 Å². The highest BCUT2D eigenvalue weighted by molar-refractivity contribution is 7.98. The predicted octanol–water partition coefficient (Wildman–Crippen LogP) is 4.66. The third-order valence-corrected chi connectivity index (χ3v) is 4.74. The third kappa shape index (κ3) is 3.06. The number of thioether (sulfide) groups is 1. The molecule has 5 heteroatoms. The van der Waals surface area contributed by atoms with E-state index in [9.17, 15) is 0 Å². The van der Waals surface area contributed by atoms with Crippen molar-refractivity contribution in [1.29, 1.82) is 0 Å². The van der Waals surface area contributed by atoms with Crippen LogP contribution in [0, 0.1) is 0 Å². The Kier molecular flexibility index (Phi) is 4.07. The van der Waals surface area contributed by atoms with E-state index in [1.54, 1.807) is 11.8 Å². The molecule has 0 unspecified atom stereocenters. The second-order valence-corrected chi connectivity index (χ2v) is 6.47. The number of pyridine rings is 1. The Morgan fingerprint density at radius 1 is 0.760 bits per heavy atom. The number of benzene rings is 2. The van der Waals surface area contributed by atoms with Gasteiger partial charge in [0.1, 0.15) is 11.2 Å². The summed E-state index contributed by atoms with van der Waals surface area (Å²) in [5, 5.41) is 0. The molecular weight excluding hydrogens is 328 g/mol. The van der Waals surface area contributed by atoms with Gasteiger partial charge in [-0.25, -0.2) is 15.0 Å². The average molecular weight is 344 g/mol. The van der Waals surface area contributed by atoms with Crippen molar-refractivity contribution in [3.63, 3.8) is 0 Å². The van der Waals surface area contributed by atoms with Crippen LogP contribution in [-0.4, -0.2) is 21.2 Å². The Hall–Kier alpha value is -2.92. The van der Waals surface area contributed by atoms with E-state index >= 15 is 0 Å². The van der Waals surface area contributed by atoms with Crippen LogP contribution in [0.5, 0.6) is 0 Å². The number of rotatable bonds is 3. The van der Waals surface area contributed by atoms with Crippen molar-refractivity contribution in [2.75, 3.05) is 12.0 Å². The maximum atomic E-state index is 5.89. The van der Waals surface area contributed by atoms with Gasteiger partial charge in [0.25, 0.3) is 0 Å². The van der Waals surface area contributed by atoms with Gasteiger partial charge in [0.2, 0.25) is 5.95 Å². The molecule has 4 nitrogen and oxygen atoms in total. The number of aromatic nitrogens is 3. The van der Waals surface area contributed by atoms with Gasteiger partial charge in [-0.2, -0.15) is 0 Å². The summed E-state index contributed by atoms with van der Waals surface area (Å²) in [6, 6.07) is 22.2. The van der Waals surface area contributed by atoms with Crippen LogP contribution in [0.4, 0.5) is 5.95 Å². The SMILES string of the molecule is CSc1ccc(-c2ccc3nc(N)nc(-c4ccccc4)c3n2)cc1. The fourth-order valence-electron chi connectivity index (χ4n) is 2.75. The van der Waals surface area contributed by atoms with Gasteiger partial charge in [-0.05, 0) is 30.5 Å². The molecular formula is C20H16N4S. The second-order valence-electron chi connectivity index (χ2n) is 5.59. The molecule has 0 radical (unpaired) electrons. The van der Waals surface area contributed by atoms with E-state index in [4.69, 9.17) is 10.7 Å². The molecule has 4 rings (SSSR count). The number of hydrogen-bond acceptors (Lipinski definition) is 5. The Labute approximate surface area is 150 Å². The molecule has 25 heavy (non-hydrogen) atoms. The molecule has 2 N–H and O–H groups in total. The van der Waals surface area contributed by atoms with Crippen molar-refractivity contribution in [1.82, 2.24) is 15.0 Å². The fraction of sp³-hybridized carbons (Fsp3) is 0.0500. The van der Waals surface area contributed by atoms with E-state index in [1.807, 2.05) is 42.5 Å². The lowest BCUT2D eigenvalue weighted by Crippen LogP contribution is -2.00. The van der Waals surface area contributed by atoms with E-state index in [0.29, 0.717) is 0 Å². The quantitative estimate of drug-likeness (QED) is 0.547. The molecule has 2 aromatic heterocycles. The van der Waals surface area contributed by atoms with Crippen LogP contribution in [0.15, 0.2) is 71.6 Å². The molecule has 2 heterocycles. The van der Waals surface area contributed by atoms with Crippen molar-refractivity contribution < 1.29 is 0 Å². The van der Waals surface area contributed by atoms with Crippen LogP contribution in [0.2, 0.25) is 0 Å². The lowest BCUT2D eigenvalue weighted by Gasteiger charge is -2.08. The van der Waals surface area contributed by atoms with Crippen molar-refractivity contribution in [3.8, 4) is 22.5 Å². The first-order chi connectivity index (χ1) is 12.2. The number of nitrogen functional groups attached to an aromatic ring is 1. The molecule has 0 saturated carbocycles. The van der Waals surface area contributed by atoms with Gasteiger partial charge in [-0.3, -0.25) is 0 Å². The normalized spacial score (nSPS) is 10.9. The minimum atomic E-state index is 0.255. The first-order valence-corrected chi connectivity index (χ1v) is 9.11. The van der Waals surface area contributed by atoms with Gasteiger partial charge in [-0.1, -0.05) is 42.5 Å². The molecule has 4 aromatic rings. The molecule has 0 aliphatic rings. The van der Waals surface area contributed by atoms with Crippen LogP contribution >= 0.6 is 11.8 Å². The third-order valence-electron chi connectivity index (χ3n) is 3.99. The fourth-order valence-corrected chi connectivity index (χ4v) is 3.16. The second kappa shape index (κ2) is 6.53. The first-order valence-electron chi connectivity index (χ1n) is 7.89. The van der Waals surface area contributed by atoms with E-state index in [1.165, 1.54) is 4.90 Å². The summed E-state index contributed by atoms with van der Waals surface area (Å²) in [7, 11) is 0. The zero-order valence-corrected chi connectivity index (χ0v) is 14.5. The topological polar surface area (TPSA) is 64.7 Å². The van der Waals surface area contributed by atoms with Crippen molar-refractivity contribution in [2.45, 2.75) is 4.90 Å². The standard InChI is InChI=1S/C20H16N4S/c1-25-15-9-7-13(8-10-15)16-11-12-17-19(22-16)18(24-20(21)23-17)14-5-3-2-4-6-14/h2-12H,1H3,(H2,21,23,24). The highest BCUT2D eigenvalue weighted by Gasteiger charge is 2.11. The molecule has 0 fully saturated rings. The number of nitrogens with two attached hydrogens (primary N) is 1. The summed E-state index contributed by atoms with van der Waals surface area (Å²) in [5.74, 6) is 0.255. The number of hydrogen-bond donors (Lipinski definition) is 1. The molecule has 0 atom stereocenters. The van der Waals surface area contributed by atoms with Crippen molar-refractivity contribution >= 4 is 28.7 Å². The largest absolute Gasteiger partial charge is 0.368 e. The molecule has 122 valence electrons. The van der Waals surface area contributed by atoms with Crippen LogP contribution < -0.4 is 5.73 Å². The lowest BCUT2D eigenvalue weighted by molar-refractivity contribution is 1.21. The van der Waals surface area contributed by atoms with Gasteiger partial charge in [0, 0.05) is 16.0 Å². The van der Waals surface area contributed by atoms with E-state index < -0.39 is 0 Å². The van der Waals surface area contributed by atoms with Crippen LogP contribution in [0.25, 0.3) is 33.5 Å². The predicted molar refractivity (Wildman–Crippen MR) is 104 cm³/mol. The Bertz CT molecular complexity index is 1030. The minimum absolute atomic E-state index is 0.255. The van der Waals surface area contributed by atoms with Gasteiger partial charge in [0.15, 0.2) is 0 Å². The van der Waals surface area contributed by atoms with Gasteiger partial charge < -0.3 is 5.73 Å². The Balaban J connectivity index is 1.90. The molecule has 0 aliphatic heterocycles. The molecule has 2 aromatic carbocycles. The summed E-state index contributed by atoms with van der Waals surface area (Å²) in [6.45, 7) is 0. The minimum Gasteiger partial charge on any atom is -0.368 e. The van der Waals surface area contributed by atoms with Crippen molar-refractivity contribution in [3.05, 3.63) is 66.7 Å². The van der Waals surface area contributed by atoms with E-state index in [-0.39, 0.29) is 5.95 Å². The smallest absolute Gasteiger partial charge is 0.221 e. The molecule has 0 bridgehead atoms. The maximum absolute atomic E-state index is 5.89. The van der Waals surface area contributed by atoms with E-state index in [0.717, 1.165) is 33.5 Å². The molecule has 0 amide bonds. The van der Waals surface area contributed by atoms with Crippen LogP contribution in [-0.2, 0) is 0 Å². The Morgan fingerprint density at radius 3 is 2.24 bits per heavy atom. The highest BCUT2D eigenvalue weighted by Crippen LogP contribution is 2.28. The Morgan fingerprint density at radius 2 is 1.52 bits per heavy atom. The first kappa shape index (κ1) is 15.6. The summed E-state index contributed by atoms with van der Waals surface area (Å²) in [6.07, 6.45) is 2.07. The summed E-state index contributed by atoms with van der Waals surface area (Å²) < 4.78 is 0. The monoisotopic (exact) mass is 344 g/mol. The highest BCUT2D eigenvalue weighted by atomic mass is 32.2. The summed E-state index contributed by atoms with van der Waals surface area (Å²) >= 11 is 1.72. The van der Waals surface area contributed by atoms with E-state index in [2.05, 4.69) is 40.5 Å². The van der Waals surface area contributed by atoms with Gasteiger partial charge in [-0.15, -0.1) is 11.8 Å². The number of fused-ring (bicyclic) bond motifs is 1. The number of anilines is 1. The molecule has 0 saturated heterocycles. The van der Waals surface area contributed by atoms with Gasteiger partial charge >= 0.3 is 0 Å². The molecule has 0 spiro atoms.